The second-order valence-electron chi connectivity index (χ2n) is 10.5. The molecule has 9 rings (SSSR count). The van der Waals surface area contributed by atoms with Crippen molar-refractivity contribution in [2.75, 3.05) is 0 Å². The van der Waals surface area contributed by atoms with Crippen LogP contribution < -0.4 is 0 Å². The van der Waals surface area contributed by atoms with Crippen molar-refractivity contribution in [2.24, 2.45) is 0 Å². The molecule has 1 nitrogen and oxygen atoms in total. The van der Waals surface area contributed by atoms with E-state index >= 15 is 0 Å². The number of hydrogen-bond donors (Lipinski definition) is 0. The summed E-state index contributed by atoms with van der Waals surface area (Å²) in [7, 11) is 0. The Kier molecular flexibility index (Phi) is 4.55. The highest BCUT2D eigenvalue weighted by Gasteiger charge is 2.19. The maximum Gasteiger partial charge on any atom is 0.190 e. The number of fused-ring (bicyclic) bond motifs is 8. The molecule has 2 heteroatoms. The van der Waals surface area contributed by atoms with Crippen LogP contribution in [0.25, 0.3) is 85.9 Å². The molecule has 0 aliphatic rings. The van der Waals surface area contributed by atoms with Crippen LogP contribution >= 0.6 is 11.3 Å². The van der Waals surface area contributed by atoms with Crippen molar-refractivity contribution < 1.29 is 4.42 Å². The molecule has 0 bridgehead atoms. The number of thiophene rings is 1. The largest absolute Gasteiger partial charge is 0.445 e. The van der Waals surface area contributed by atoms with Gasteiger partial charge in [-0.05, 0) is 72.8 Å². The summed E-state index contributed by atoms with van der Waals surface area (Å²) in [6.07, 6.45) is 0. The molecule has 0 aliphatic heterocycles. The van der Waals surface area contributed by atoms with Crippen LogP contribution in [0.4, 0.5) is 0 Å². The molecule has 186 valence electrons. The van der Waals surface area contributed by atoms with E-state index in [2.05, 4.69) is 127 Å². The quantitative estimate of drug-likeness (QED) is 0.204. The van der Waals surface area contributed by atoms with Gasteiger partial charge < -0.3 is 4.42 Å². The summed E-state index contributed by atoms with van der Waals surface area (Å²) >= 11 is 1.74. The topological polar surface area (TPSA) is 13.1 Å². The van der Waals surface area contributed by atoms with Crippen LogP contribution in [-0.2, 0) is 0 Å². The Balaban J connectivity index is 1.35. The summed E-state index contributed by atoms with van der Waals surface area (Å²) in [5.41, 5.74) is 6.02. The Bertz CT molecular complexity index is 2380. The van der Waals surface area contributed by atoms with E-state index in [1.165, 1.54) is 75.4 Å². The summed E-state index contributed by atoms with van der Waals surface area (Å²) < 4.78 is 7.49. The first-order chi connectivity index (χ1) is 19.8. The molecule has 0 unspecified atom stereocenters. The molecular formula is C38H22OS. The molecular weight excluding hydrogens is 504 g/mol. The first-order valence-electron chi connectivity index (χ1n) is 13.6. The van der Waals surface area contributed by atoms with Gasteiger partial charge in [0.1, 0.15) is 5.58 Å². The number of furan rings is 1. The van der Waals surface area contributed by atoms with Gasteiger partial charge in [-0.1, -0.05) is 127 Å². The number of para-hydroxylation sites is 1. The molecule has 2 aromatic heterocycles. The van der Waals surface area contributed by atoms with Crippen LogP contribution in [0.15, 0.2) is 138 Å². The molecule has 7 aromatic carbocycles. The van der Waals surface area contributed by atoms with Crippen LogP contribution in [0.3, 0.4) is 0 Å². The Labute approximate surface area is 234 Å². The van der Waals surface area contributed by atoms with E-state index in [-0.39, 0.29) is 0 Å². The van der Waals surface area contributed by atoms with Crippen LogP contribution in [0.1, 0.15) is 0 Å². The summed E-state index contributed by atoms with van der Waals surface area (Å²) in [5, 5.41) is 11.3. The third kappa shape index (κ3) is 3.08. The van der Waals surface area contributed by atoms with Gasteiger partial charge in [0, 0.05) is 20.9 Å². The van der Waals surface area contributed by atoms with Crippen molar-refractivity contribution in [2.45, 2.75) is 0 Å². The van der Waals surface area contributed by atoms with Gasteiger partial charge in [-0.2, -0.15) is 0 Å². The molecule has 0 N–H and O–H groups in total. The second-order valence-corrected chi connectivity index (χ2v) is 11.5. The van der Waals surface area contributed by atoms with Gasteiger partial charge in [-0.15, -0.1) is 0 Å². The first-order valence-corrected chi connectivity index (χ1v) is 14.4. The smallest absolute Gasteiger partial charge is 0.190 e. The van der Waals surface area contributed by atoms with Gasteiger partial charge in [-0.3, -0.25) is 0 Å². The van der Waals surface area contributed by atoms with Gasteiger partial charge in [0.05, 0.1) is 0 Å². The van der Waals surface area contributed by atoms with Gasteiger partial charge in [0.25, 0.3) is 0 Å². The SMILES string of the molecule is c1ccc2cc(-c3c4ccccc4c(-c4ccc5c(c4)sc4oc6ccccc6c45)c4ccccc34)ccc2c1. The predicted octanol–water partition coefficient (Wildman–Crippen LogP) is 11.6. The van der Waals surface area contributed by atoms with Crippen molar-refractivity contribution in [3.63, 3.8) is 0 Å². The minimum atomic E-state index is 0.955. The van der Waals surface area contributed by atoms with E-state index in [1.54, 1.807) is 11.3 Å². The lowest BCUT2D eigenvalue weighted by Gasteiger charge is -2.18. The number of rotatable bonds is 2. The lowest BCUT2D eigenvalue weighted by molar-refractivity contribution is 0.678. The number of benzene rings is 7. The van der Waals surface area contributed by atoms with E-state index in [1.807, 2.05) is 6.07 Å². The van der Waals surface area contributed by atoms with Crippen molar-refractivity contribution in [3.05, 3.63) is 133 Å². The standard InChI is InChI=1S/C38H22OS/c1-2-10-24-21-25(18-17-23(24)9-1)35-27-11-3-5-13-29(27)36(30-14-6-4-12-28(30)35)26-19-20-32-34(22-26)40-38-37(32)31-15-7-8-16-33(31)39-38/h1-22H. The van der Waals surface area contributed by atoms with Crippen LogP contribution in [0, 0.1) is 0 Å². The lowest BCUT2D eigenvalue weighted by Crippen LogP contribution is -1.90. The monoisotopic (exact) mass is 526 g/mol. The van der Waals surface area contributed by atoms with Crippen molar-refractivity contribution in [1.29, 1.82) is 0 Å². The molecule has 0 spiro atoms. The second kappa shape index (κ2) is 8.29. The normalized spacial score (nSPS) is 12.0. The van der Waals surface area contributed by atoms with E-state index in [9.17, 15) is 0 Å². The average Bonchev–Trinajstić information content (AvgIpc) is 3.55. The Morgan fingerprint density at radius 2 is 0.975 bits per heavy atom. The maximum atomic E-state index is 6.24. The highest BCUT2D eigenvalue weighted by Crippen LogP contribution is 2.46. The van der Waals surface area contributed by atoms with E-state index < -0.39 is 0 Å². The Morgan fingerprint density at radius 3 is 1.68 bits per heavy atom. The van der Waals surface area contributed by atoms with E-state index in [0.29, 0.717) is 0 Å². The van der Waals surface area contributed by atoms with Crippen molar-refractivity contribution in [1.82, 2.24) is 0 Å². The minimum absolute atomic E-state index is 0.955. The zero-order valence-corrected chi connectivity index (χ0v) is 22.3. The first kappa shape index (κ1) is 22.0. The van der Waals surface area contributed by atoms with E-state index in [0.717, 1.165) is 10.5 Å². The molecule has 0 fully saturated rings. The molecule has 0 aliphatic carbocycles. The molecule has 40 heavy (non-hydrogen) atoms. The highest BCUT2D eigenvalue weighted by molar-refractivity contribution is 7.25. The molecule has 0 saturated heterocycles. The minimum Gasteiger partial charge on any atom is -0.445 e. The van der Waals surface area contributed by atoms with Gasteiger partial charge in [-0.25, -0.2) is 0 Å². The highest BCUT2D eigenvalue weighted by atomic mass is 32.1. The lowest BCUT2D eigenvalue weighted by atomic mass is 9.85. The summed E-state index contributed by atoms with van der Waals surface area (Å²) in [6, 6.07) is 48.5. The Hall–Kier alpha value is -4.92. The number of hydrogen-bond acceptors (Lipinski definition) is 2. The third-order valence-electron chi connectivity index (χ3n) is 8.28. The van der Waals surface area contributed by atoms with Gasteiger partial charge in [0.2, 0.25) is 0 Å². The van der Waals surface area contributed by atoms with Crippen molar-refractivity contribution in [3.8, 4) is 22.3 Å². The average molecular weight is 527 g/mol. The van der Waals surface area contributed by atoms with Crippen LogP contribution in [-0.4, -0.2) is 0 Å². The summed E-state index contributed by atoms with van der Waals surface area (Å²) in [5.74, 6) is 0. The van der Waals surface area contributed by atoms with Gasteiger partial charge >= 0.3 is 0 Å². The maximum absolute atomic E-state index is 6.24. The summed E-state index contributed by atoms with van der Waals surface area (Å²) in [6.45, 7) is 0. The molecule has 0 saturated carbocycles. The summed E-state index contributed by atoms with van der Waals surface area (Å²) in [4.78, 5) is 0.995. The fourth-order valence-electron chi connectivity index (χ4n) is 6.51. The predicted molar refractivity (Wildman–Crippen MR) is 172 cm³/mol. The Morgan fingerprint density at radius 1 is 0.425 bits per heavy atom. The van der Waals surface area contributed by atoms with Gasteiger partial charge in [0.15, 0.2) is 4.90 Å². The van der Waals surface area contributed by atoms with Crippen molar-refractivity contribution >= 4 is 75.0 Å². The zero-order valence-electron chi connectivity index (χ0n) is 21.5. The van der Waals surface area contributed by atoms with Crippen LogP contribution in [0.2, 0.25) is 0 Å². The molecule has 9 aromatic rings. The zero-order chi connectivity index (χ0) is 26.2. The molecule has 0 radical (unpaired) electrons. The fraction of sp³-hybridized carbons (Fsp3) is 0. The fourth-order valence-corrected chi connectivity index (χ4v) is 7.63. The molecule has 0 atom stereocenters. The molecule has 2 heterocycles. The van der Waals surface area contributed by atoms with Crippen LogP contribution in [0.5, 0.6) is 0 Å². The third-order valence-corrected chi connectivity index (χ3v) is 9.31. The van der Waals surface area contributed by atoms with E-state index in [4.69, 9.17) is 4.42 Å². The molecule has 0 amide bonds.